The molecule has 3 atom stereocenters. The van der Waals surface area contributed by atoms with Crippen molar-refractivity contribution in [3.8, 4) is 0 Å². The van der Waals surface area contributed by atoms with Crippen molar-refractivity contribution in [3.05, 3.63) is 0 Å². The minimum Gasteiger partial charge on any atom is -0.357 e. The summed E-state index contributed by atoms with van der Waals surface area (Å²) in [6.07, 6.45) is 1.33. The normalized spacial score (nSPS) is 13.5. The Morgan fingerprint density at radius 1 is 0.818 bits per heavy atom. The minimum atomic E-state index is -0.869. The van der Waals surface area contributed by atoms with Crippen LogP contribution in [0.3, 0.4) is 0 Å². The lowest BCUT2D eigenvalue weighted by molar-refractivity contribution is -0.143. The second-order valence-electron chi connectivity index (χ2n) is 8.86. The smallest absolute Gasteiger partial charge is 0.325 e. The molecule has 0 rings (SSSR count). The summed E-state index contributed by atoms with van der Waals surface area (Å²) in [4.78, 5) is 65.3. The highest BCUT2D eigenvalue weighted by atomic mass is 16.2. The van der Waals surface area contributed by atoms with E-state index in [0.717, 1.165) is 0 Å². The second-order valence-corrected chi connectivity index (χ2v) is 8.86. The van der Waals surface area contributed by atoms with Crippen molar-refractivity contribution < 1.29 is 24.0 Å². The number of nitrogens with one attached hydrogen (secondary N) is 4. The molecule has 0 aliphatic rings. The highest BCUT2D eigenvalue weighted by Crippen LogP contribution is 2.17. The molecule has 11 nitrogen and oxygen atoms in total. The summed E-state index contributed by atoms with van der Waals surface area (Å²) in [6, 6.07) is -3.86. The number of likely N-dealkylation sites (N-methyl/N-ethyl adjacent to an activating group) is 3. The number of hydrogen-bond acceptors (Lipinski definition) is 5. The Balaban J connectivity index is 5.82. The molecule has 0 aromatic heterocycles. The van der Waals surface area contributed by atoms with Gasteiger partial charge in [0, 0.05) is 28.2 Å². The molecule has 0 fully saturated rings. The molecule has 0 saturated carbocycles. The van der Waals surface area contributed by atoms with Crippen LogP contribution >= 0.6 is 0 Å². The van der Waals surface area contributed by atoms with Crippen LogP contribution in [-0.2, 0) is 14.4 Å². The van der Waals surface area contributed by atoms with E-state index >= 15 is 0 Å². The number of amides is 7. The maximum Gasteiger partial charge on any atom is 0.325 e. The lowest BCUT2D eigenvalue weighted by Gasteiger charge is -2.35. The molecule has 7 amide bonds. The van der Waals surface area contributed by atoms with Crippen LogP contribution in [0.4, 0.5) is 9.59 Å². The van der Waals surface area contributed by atoms with E-state index in [0.29, 0.717) is 19.3 Å². The topological polar surface area (TPSA) is 140 Å². The molecule has 0 spiro atoms. The van der Waals surface area contributed by atoms with Gasteiger partial charge in [-0.3, -0.25) is 19.7 Å². The van der Waals surface area contributed by atoms with Gasteiger partial charge in [0.1, 0.15) is 18.1 Å². The van der Waals surface area contributed by atoms with Crippen molar-refractivity contribution in [3.63, 3.8) is 0 Å². The summed E-state index contributed by atoms with van der Waals surface area (Å²) in [5.74, 6) is -1.23. The average molecular weight is 471 g/mol. The number of imide groups is 1. The fourth-order valence-electron chi connectivity index (χ4n) is 3.36. The summed E-state index contributed by atoms with van der Waals surface area (Å²) in [6.45, 7) is 9.39. The van der Waals surface area contributed by atoms with Gasteiger partial charge in [-0.15, -0.1) is 0 Å². The van der Waals surface area contributed by atoms with Gasteiger partial charge in [-0.25, -0.2) is 9.59 Å². The molecule has 11 heteroatoms. The Kier molecular flexibility index (Phi) is 13.1. The summed E-state index contributed by atoms with van der Waals surface area (Å²) in [5.41, 5.74) is 0. The highest BCUT2D eigenvalue weighted by Gasteiger charge is 2.36. The molecule has 0 aliphatic carbocycles. The van der Waals surface area contributed by atoms with Crippen LogP contribution in [0.5, 0.6) is 0 Å². The van der Waals surface area contributed by atoms with Crippen molar-refractivity contribution in [1.29, 1.82) is 0 Å². The standard InChI is InChI=1S/C22H42N6O5/c1-10-11-15(28(9)22(33)26-21(32)24-7)20(31)27(8)16(12-13(2)3)18(29)25-17(14(4)5)19(30)23-6/h13-17H,10-12H2,1-9H3,(H,23,30)(H,25,29)(H2,24,26,32,33)/t15-,16+,17+/m1/s1. The molecular weight excluding hydrogens is 428 g/mol. The van der Waals surface area contributed by atoms with Gasteiger partial charge < -0.3 is 25.8 Å². The first-order chi connectivity index (χ1) is 15.3. The molecule has 0 aliphatic heterocycles. The molecule has 33 heavy (non-hydrogen) atoms. The van der Waals surface area contributed by atoms with E-state index < -0.39 is 42.0 Å². The van der Waals surface area contributed by atoms with Gasteiger partial charge in [0.05, 0.1) is 0 Å². The van der Waals surface area contributed by atoms with E-state index in [1.165, 1.54) is 38.0 Å². The van der Waals surface area contributed by atoms with Crippen molar-refractivity contribution in [2.24, 2.45) is 11.8 Å². The molecule has 190 valence electrons. The van der Waals surface area contributed by atoms with E-state index in [9.17, 15) is 24.0 Å². The molecule has 0 radical (unpaired) electrons. The van der Waals surface area contributed by atoms with Crippen LogP contribution < -0.4 is 21.3 Å². The summed E-state index contributed by atoms with van der Waals surface area (Å²) in [5, 5.41) is 9.76. The van der Waals surface area contributed by atoms with Gasteiger partial charge in [-0.1, -0.05) is 41.0 Å². The molecule has 0 unspecified atom stereocenters. The van der Waals surface area contributed by atoms with E-state index in [1.807, 2.05) is 34.6 Å². The Morgan fingerprint density at radius 2 is 1.39 bits per heavy atom. The third-order valence-corrected chi connectivity index (χ3v) is 5.39. The van der Waals surface area contributed by atoms with Crippen LogP contribution in [0.15, 0.2) is 0 Å². The van der Waals surface area contributed by atoms with Crippen LogP contribution in [0.2, 0.25) is 0 Å². The molecule has 0 bridgehead atoms. The lowest BCUT2D eigenvalue weighted by atomic mass is 9.98. The van der Waals surface area contributed by atoms with E-state index in [1.54, 1.807) is 0 Å². The highest BCUT2D eigenvalue weighted by molar-refractivity contribution is 5.97. The molecule has 0 saturated heterocycles. The molecule has 4 N–H and O–H groups in total. The number of carbonyl (C=O) groups excluding carboxylic acids is 5. The van der Waals surface area contributed by atoms with Gasteiger partial charge in [0.25, 0.3) is 0 Å². The van der Waals surface area contributed by atoms with Crippen molar-refractivity contribution >= 4 is 29.8 Å². The SMILES string of the molecule is CCC[C@H](C(=O)N(C)[C@@H](CC(C)C)C(=O)N[C@H](C(=O)NC)C(C)C)N(C)C(=O)NC(=O)NC. The molecular formula is C22H42N6O5. The first-order valence-electron chi connectivity index (χ1n) is 11.4. The Morgan fingerprint density at radius 3 is 1.82 bits per heavy atom. The number of hydrogen-bond donors (Lipinski definition) is 4. The number of urea groups is 2. The van der Waals surface area contributed by atoms with Crippen LogP contribution in [0.1, 0.15) is 53.9 Å². The van der Waals surface area contributed by atoms with Crippen molar-refractivity contribution in [2.75, 3.05) is 28.2 Å². The molecule has 0 aromatic carbocycles. The lowest BCUT2D eigenvalue weighted by Crippen LogP contribution is -2.59. The predicted octanol–water partition coefficient (Wildman–Crippen LogP) is 0.896. The third kappa shape index (κ3) is 9.27. The van der Waals surface area contributed by atoms with E-state index in [2.05, 4.69) is 21.3 Å². The largest absolute Gasteiger partial charge is 0.357 e. The minimum absolute atomic E-state index is 0.0902. The molecule has 0 aromatic rings. The zero-order valence-corrected chi connectivity index (χ0v) is 21.4. The maximum atomic E-state index is 13.4. The van der Waals surface area contributed by atoms with E-state index in [-0.39, 0.29) is 17.7 Å². The number of nitrogens with zero attached hydrogens (tertiary/aromatic N) is 2. The van der Waals surface area contributed by atoms with Crippen molar-refractivity contribution in [2.45, 2.75) is 72.0 Å². The van der Waals surface area contributed by atoms with E-state index in [4.69, 9.17) is 0 Å². The zero-order valence-electron chi connectivity index (χ0n) is 21.4. The van der Waals surface area contributed by atoms with Gasteiger partial charge >= 0.3 is 12.1 Å². The average Bonchev–Trinajstić information content (AvgIpc) is 2.76. The van der Waals surface area contributed by atoms with Crippen molar-refractivity contribution in [1.82, 2.24) is 31.1 Å². The number of rotatable bonds is 11. The Hall–Kier alpha value is -2.85. The second kappa shape index (κ2) is 14.3. The summed E-state index contributed by atoms with van der Waals surface area (Å²) >= 11 is 0. The Bertz CT molecular complexity index is 697. The monoisotopic (exact) mass is 470 g/mol. The summed E-state index contributed by atoms with van der Waals surface area (Å²) in [7, 11) is 5.83. The van der Waals surface area contributed by atoms with Crippen LogP contribution in [0, 0.1) is 11.8 Å². The van der Waals surface area contributed by atoms with Gasteiger partial charge in [-0.2, -0.15) is 0 Å². The van der Waals surface area contributed by atoms with Gasteiger partial charge in [0.2, 0.25) is 17.7 Å². The predicted molar refractivity (Wildman–Crippen MR) is 126 cm³/mol. The maximum absolute atomic E-state index is 13.4. The third-order valence-electron chi connectivity index (χ3n) is 5.39. The first-order valence-corrected chi connectivity index (χ1v) is 11.4. The summed E-state index contributed by atoms with van der Waals surface area (Å²) < 4.78 is 0. The van der Waals surface area contributed by atoms with Crippen LogP contribution in [-0.4, -0.2) is 85.9 Å². The Labute approximate surface area is 197 Å². The zero-order chi connectivity index (χ0) is 25.9. The quantitative estimate of drug-likeness (QED) is 0.355. The fraction of sp³-hybridized carbons (Fsp3) is 0.773. The van der Waals surface area contributed by atoms with Gasteiger partial charge in [0.15, 0.2) is 0 Å². The first kappa shape index (κ1) is 30.1. The van der Waals surface area contributed by atoms with Crippen LogP contribution in [0.25, 0.3) is 0 Å². The fourth-order valence-corrected chi connectivity index (χ4v) is 3.36. The molecule has 0 heterocycles. The number of carbonyl (C=O) groups is 5. The van der Waals surface area contributed by atoms with Gasteiger partial charge in [-0.05, 0) is 24.7 Å².